The van der Waals surface area contributed by atoms with Crippen molar-refractivity contribution in [2.45, 2.75) is 57.8 Å². The van der Waals surface area contributed by atoms with Gasteiger partial charge in [0.05, 0.1) is 6.61 Å². The quantitative estimate of drug-likeness (QED) is 0.238. The zero-order chi connectivity index (χ0) is 21.1. The number of halogens is 1. The van der Waals surface area contributed by atoms with E-state index in [9.17, 15) is 9.18 Å². The molecule has 0 amide bonds. The summed E-state index contributed by atoms with van der Waals surface area (Å²) in [7, 11) is 1.89. The molecule has 158 valence electrons. The molecule has 0 aliphatic heterocycles. The number of allylic oxidation sites excluding steroid dienone is 4. The summed E-state index contributed by atoms with van der Waals surface area (Å²) in [6, 6.07) is 5.17. The standard InChI is InChI=1S/C25H34FNO2/c1-19(23-14-15-24(26)25(17-23)29-18-21-12-13-21)9-5-4-6-10-22(20(2)27-3)11-7-8-16-28/h5,8-9,14-15,17,19,21-22,27H,2,4,6-7,10-13,18H2,1,3H3/b9-5+. The number of carbonyl (C=O) groups excluding carboxylic acids is 1. The molecule has 0 bridgehead atoms. The fraction of sp³-hybridized carbons (Fsp3) is 0.520. The van der Waals surface area contributed by atoms with Gasteiger partial charge >= 0.3 is 0 Å². The summed E-state index contributed by atoms with van der Waals surface area (Å²) >= 11 is 0. The highest BCUT2D eigenvalue weighted by molar-refractivity contribution is 5.44. The lowest BCUT2D eigenvalue weighted by Gasteiger charge is -2.18. The molecular formula is C25H34FNO2. The van der Waals surface area contributed by atoms with Crippen molar-refractivity contribution in [3.63, 3.8) is 0 Å². The van der Waals surface area contributed by atoms with Crippen LogP contribution in [-0.2, 0) is 4.79 Å². The normalized spacial score (nSPS) is 15.6. The lowest BCUT2D eigenvalue weighted by Crippen LogP contribution is -2.15. The second kappa shape index (κ2) is 12.3. The molecule has 2 rings (SSSR count). The van der Waals surface area contributed by atoms with E-state index in [1.807, 2.05) is 25.1 Å². The fourth-order valence-corrected chi connectivity index (χ4v) is 3.34. The summed E-state index contributed by atoms with van der Waals surface area (Å²) in [5.74, 6) is 3.09. The Bertz CT molecular complexity index is 732. The fourth-order valence-electron chi connectivity index (χ4n) is 3.34. The molecule has 1 aliphatic carbocycles. The number of hydrogen-bond donors (Lipinski definition) is 1. The molecule has 0 radical (unpaired) electrons. The molecule has 1 N–H and O–H groups in total. The molecule has 1 saturated carbocycles. The molecule has 1 aromatic rings. The number of benzene rings is 1. The Hall–Kier alpha value is -2.32. The van der Waals surface area contributed by atoms with E-state index < -0.39 is 0 Å². The molecule has 4 heteroatoms. The number of ether oxygens (including phenoxy) is 1. The summed E-state index contributed by atoms with van der Waals surface area (Å²) < 4.78 is 19.6. The Morgan fingerprint density at radius 3 is 2.86 bits per heavy atom. The minimum atomic E-state index is -0.286. The number of hydrogen-bond acceptors (Lipinski definition) is 3. The second-order valence-corrected chi connectivity index (χ2v) is 7.96. The van der Waals surface area contributed by atoms with Crippen LogP contribution in [0.3, 0.4) is 0 Å². The topological polar surface area (TPSA) is 38.3 Å². The maximum atomic E-state index is 14.0. The summed E-state index contributed by atoms with van der Waals surface area (Å²) in [6.07, 6.45) is 13.0. The van der Waals surface area contributed by atoms with Gasteiger partial charge in [0, 0.05) is 12.7 Å². The van der Waals surface area contributed by atoms with Crippen LogP contribution in [-0.4, -0.2) is 19.6 Å². The SMILES string of the molecule is C=C(NC)C(CCC=C=O)CCC/C=C/C(C)c1ccc(F)c(OCC2CC2)c1. The summed E-state index contributed by atoms with van der Waals surface area (Å²) in [5.41, 5.74) is 2.09. The molecule has 3 nitrogen and oxygen atoms in total. The van der Waals surface area contributed by atoms with Gasteiger partial charge in [-0.3, -0.25) is 0 Å². The van der Waals surface area contributed by atoms with Crippen LogP contribution in [0, 0.1) is 17.7 Å². The first-order valence-electron chi connectivity index (χ1n) is 10.7. The van der Waals surface area contributed by atoms with Gasteiger partial charge in [-0.25, -0.2) is 9.18 Å². The molecule has 29 heavy (non-hydrogen) atoms. The van der Waals surface area contributed by atoms with Gasteiger partial charge in [0.15, 0.2) is 11.6 Å². The van der Waals surface area contributed by atoms with Crippen LogP contribution in [0.15, 0.2) is 48.7 Å². The van der Waals surface area contributed by atoms with E-state index in [-0.39, 0.29) is 11.7 Å². The van der Waals surface area contributed by atoms with Crippen LogP contribution in [0.2, 0.25) is 0 Å². The predicted octanol–water partition coefficient (Wildman–Crippen LogP) is 5.96. The van der Waals surface area contributed by atoms with E-state index in [1.54, 1.807) is 6.08 Å². The van der Waals surface area contributed by atoms with Crippen LogP contribution in [0.5, 0.6) is 5.75 Å². The minimum absolute atomic E-state index is 0.208. The van der Waals surface area contributed by atoms with E-state index in [1.165, 1.54) is 18.9 Å². The molecule has 0 heterocycles. The third-order valence-corrected chi connectivity index (χ3v) is 5.56. The molecule has 1 aromatic carbocycles. The lowest BCUT2D eigenvalue weighted by atomic mass is 9.93. The Labute approximate surface area is 174 Å². The Morgan fingerprint density at radius 2 is 2.17 bits per heavy atom. The predicted molar refractivity (Wildman–Crippen MR) is 117 cm³/mol. The van der Waals surface area contributed by atoms with Gasteiger partial charge in [-0.1, -0.05) is 31.7 Å². The van der Waals surface area contributed by atoms with Gasteiger partial charge in [0.1, 0.15) is 5.94 Å². The number of nitrogens with one attached hydrogen (secondary N) is 1. The summed E-state index contributed by atoms with van der Waals surface area (Å²) in [6.45, 7) is 6.81. The van der Waals surface area contributed by atoms with E-state index in [0.29, 0.717) is 24.2 Å². The second-order valence-electron chi connectivity index (χ2n) is 7.96. The Morgan fingerprint density at radius 1 is 1.38 bits per heavy atom. The van der Waals surface area contributed by atoms with Crippen LogP contribution < -0.4 is 10.1 Å². The van der Waals surface area contributed by atoms with E-state index >= 15 is 0 Å². The largest absolute Gasteiger partial charge is 0.490 e. The van der Waals surface area contributed by atoms with Crippen LogP contribution in [0.1, 0.15) is 63.4 Å². The van der Waals surface area contributed by atoms with Crippen molar-refractivity contribution in [2.24, 2.45) is 11.8 Å². The summed E-state index contributed by atoms with van der Waals surface area (Å²) in [5, 5.41) is 3.14. The van der Waals surface area contributed by atoms with E-state index in [0.717, 1.165) is 43.4 Å². The molecule has 2 atom stereocenters. The number of rotatable bonds is 14. The molecule has 0 saturated heterocycles. The minimum Gasteiger partial charge on any atom is -0.490 e. The average Bonchev–Trinajstić information content (AvgIpc) is 3.55. The monoisotopic (exact) mass is 399 g/mol. The first kappa shape index (κ1) is 23.0. The van der Waals surface area contributed by atoms with Gasteiger partial charge in [-0.05, 0) is 86.5 Å². The van der Waals surface area contributed by atoms with Crippen molar-refractivity contribution in [1.82, 2.24) is 5.32 Å². The molecule has 1 fully saturated rings. The van der Waals surface area contributed by atoms with Crippen LogP contribution in [0.4, 0.5) is 4.39 Å². The smallest absolute Gasteiger partial charge is 0.165 e. The average molecular weight is 400 g/mol. The highest BCUT2D eigenvalue weighted by Crippen LogP contribution is 2.31. The maximum Gasteiger partial charge on any atom is 0.165 e. The zero-order valence-electron chi connectivity index (χ0n) is 17.8. The Kier molecular flexibility index (Phi) is 9.73. The molecule has 0 spiro atoms. The first-order chi connectivity index (χ1) is 14.0. The highest BCUT2D eigenvalue weighted by atomic mass is 19.1. The van der Waals surface area contributed by atoms with Gasteiger partial charge < -0.3 is 10.1 Å². The van der Waals surface area contributed by atoms with Gasteiger partial charge in [0.25, 0.3) is 0 Å². The van der Waals surface area contributed by atoms with Gasteiger partial charge in [-0.15, -0.1) is 0 Å². The van der Waals surface area contributed by atoms with Gasteiger partial charge in [0.2, 0.25) is 0 Å². The lowest BCUT2D eigenvalue weighted by molar-refractivity contribution is 0.285. The molecule has 0 aromatic heterocycles. The van der Waals surface area contributed by atoms with Crippen molar-refractivity contribution < 1.29 is 13.9 Å². The third-order valence-electron chi connectivity index (χ3n) is 5.56. The van der Waals surface area contributed by atoms with E-state index in [4.69, 9.17) is 4.74 Å². The van der Waals surface area contributed by atoms with Gasteiger partial charge in [-0.2, -0.15) is 0 Å². The third kappa shape index (κ3) is 8.29. The van der Waals surface area contributed by atoms with Crippen molar-refractivity contribution in [3.05, 3.63) is 60.1 Å². The molecule has 2 unspecified atom stereocenters. The first-order valence-corrected chi connectivity index (χ1v) is 10.7. The molecule has 1 aliphatic rings. The van der Waals surface area contributed by atoms with E-state index in [2.05, 4.69) is 31.0 Å². The molecular weight excluding hydrogens is 365 g/mol. The van der Waals surface area contributed by atoms with Crippen molar-refractivity contribution in [1.29, 1.82) is 0 Å². The number of unbranched alkanes of at least 4 members (excludes halogenated alkanes) is 1. The van der Waals surface area contributed by atoms with Crippen molar-refractivity contribution in [2.75, 3.05) is 13.7 Å². The van der Waals surface area contributed by atoms with Crippen molar-refractivity contribution >= 4 is 5.94 Å². The maximum absolute atomic E-state index is 14.0. The van der Waals surface area contributed by atoms with Crippen molar-refractivity contribution in [3.8, 4) is 5.75 Å². The van der Waals surface area contributed by atoms with Crippen LogP contribution in [0.25, 0.3) is 0 Å². The highest BCUT2D eigenvalue weighted by Gasteiger charge is 2.22. The summed E-state index contributed by atoms with van der Waals surface area (Å²) in [4.78, 5) is 10.4. The van der Waals surface area contributed by atoms with Crippen LogP contribution >= 0.6 is 0 Å². The zero-order valence-corrected chi connectivity index (χ0v) is 17.8. The Balaban J connectivity index is 1.80.